The summed E-state index contributed by atoms with van der Waals surface area (Å²) in [6.07, 6.45) is 3.36. The summed E-state index contributed by atoms with van der Waals surface area (Å²) >= 11 is 0. The monoisotopic (exact) mass is 593 g/mol. The lowest BCUT2D eigenvalue weighted by molar-refractivity contribution is -0.146. The first-order valence-electron chi connectivity index (χ1n) is 12.5. The van der Waals surface area contributed by atoms with Crippen molar-refractivity contribution in [2.24, 2.45) is 4.99 Å². The molecule has 0 saturated heterocycles. The van der Waals surface area contributed by atoms with Crippen molar-refractivity contribution < 1.29 is 43.1 Å². The lowest BCUT2D eigenvalue weighted by Crippen LogP contribution is -2.40. The second kappa shape index (κ2) is 14.5. The van der Waals surface area contributed by atoms with E-state index < -0.39 is 36.6 Å². The average molecular weight is 594 g/mol. The molecule has 0 spiro atoms. The van der Waals surface area contributed by atoms with Gasteiger partial charge >= 0.3 is 18.0 Å². The summed E-state index contributed by atoms with van der Waals surface area (Å²) in [7, 11) is 0. The van der Waals surface area contributed by atoms with Gasteiger partial charge in [0.05, 0.1) is 16.9 Å². The molecule has 0 radical (unpaired) electrons. The Bertz CT molecular complexity index is 1590. The summed E-state index contributed by atoms with van der Waals surface area (Å²) in [5, 5.41) is 25.2. The van der Waals surface area contributed by atoms with Gasteiger partial charge in [-0.05, 0) is 44.0 Å². The quantitative estimate of drug-likeness (QED) is 0.0717. The standard InChI is InChI=1S/C27H27N7O9/c1-4-29-26(39)18-12-30-23(16(18)3)24(31-13-28)34(27(40)42-14-41-22(37)8-7-21(35)36)19-11-17(6-5-15(19)2)25(38)32-20-9-10-43-33-20/h5-13,28,30H,4,14H2,1-3H3,(H,29,39)(H,35,36)(H,32,33,38)/b8-7+,28-13?,31-24?. The summed E-state index contributed by atoms with van der Waals surface area (Å²) in [5.74, 6) is -3.51. The molecule has 0 aliphatic rings. The van der Waals surface area contributed by atoms with Crippen LogP contribution in [0.15, 0.2) is 58.4 Å². The van der Waals surface area contributed by atoms with Crippen molar-refractivity contribution in [3.05, 3.63) is 76.8 Å². The summed E-state index contributed by atoms with van der Waals surface area (Å²) in [6, 6.07) is 5.83. The van der Waals surface area contributed by atoms with Crippen molar-refractivity contribution in [1.82, 2.24) is 15.5 Å². The number of carboxylic acids is 1. The highest BCUT2D eigenvalue weighted by Crippen LogP contribution is 2.27. The molecular formula is C27H27N7O9. The van der Waals surface area contributed by atoms with Gasteiger partial charge in [-0.15, -0.1) is 0 Å². The molecule has 0 fully saturated rings. The molecule has 0 atom stereocenters. The molecule has 224 valence electrons. The minimum atomic E-state index is -1.39. The van der Waals surface area contributed by atoms with Crippen LogP contribution in [0.2, 0.25) is 0 Å². The molecule has 3 rings (SSSR count). The number of H-pyrrole nitrogens is 1. The Morgan fingerprint density at radius 1 is 1.14 bits per heavy atom. The Balaban J connectivity index is 2.06. The van der Waals surface area contributed by atoms with E-state index in [4.69, 9.17) is 24.5 Å². The zero-order valence-corrected chi connectivity index (χ0v) is 23.2. The number of nitrogens with zero attached hydrogens (tertiary/aromatic N) is 3. The van der Waals surface area contributed by atoms with Crippen molar-refractivity contribution >= 4 is 53.5 Å². The fourth-order valence-electron chi connectivity index (χ4n) is 3.66. The van der Waals surface area contributed by atoms with E-state index in [0.717, 1.165) is 4.90 Å². The molecular weight excluding hydrogens is 566 g/mol. The third-order valence-corrected chi connectivity index (χ3v) is 5.66. The number of carbonyl (C=O) groups is 5. The van der Waals surface area contributed by atoms with Gasteiger partial charge in [-0.1, -0.05) is 11.2 Å². The van der Waals surface area contributed by atoms with E-state index in [1.807, 2.05) is 0 Å². The Labute approximate surface area is 243 Å². The maximum atomic E-state index is 13.6. The van der Waals surface area contributed by atoms with Gasteiger partial charge in [0.15, 0.2) is 11.7 Å². The zero-order valence-electron chi connectivity index (χ0n) is 23.2. The minimum absolute atomic E-state index is 0.0871. The predicted octanol–water partition coefficient (Wildman–Crippen LogP) is 2.76. The molecule has 43 heavy (non-hydrogen) atoms. The number of carbonyl (C=O) groups excluding carboxylic acids is 4. The number of ether oxygens (including phenoxy) is 2. The number of esters is 1. The van der Waals surface area contributed by atoms with Gasteiger partial charge in [-0.25, -0.2) is 24.3 Å². The Morgan fingerprint density at radius 2 is 1.91 bits per heavy atom. The third kappa shape index (κ3) is 8.00. The third-order valence-electron chi connectivity index (χ3n) is 5.66. The molecule has 0 unspecified atom stereocenters. The Hall–Kier alpha value is -6.06. The van der Waals surface area contributed by atoms with Crippen LogP contribution in [0.1, 0.15) is 44.5 Å². The first-order chi connectivity index (χ1) is 20.6. The van der Waals surface area contributed by atoms with Crippen LogP contribution in [0.3, 0.4) is 0 Å². The van der Waals surface area contributed by atoms with Gasteiger partial charge in [0, 0.05) is 36.5 Å². The highest BCUT2D eigenvalue weighted by Gasteiger charge is 2.30. The average Bonchev–Trinajstić information content (AvgIpc) is 3.62. The van der Waals surface area contributed by atoms with Crippen LogP contribution in [0.5, 0.6) is 0 Å². The molecule has 16 nitrogen and oxygen atoms in total. The fraction of sp³-hybridized carbons (Fsp3) is 0.185. The summed E-state index contributed by atoms with van der Waals surface area (Å²) in [6.45, 7) is 4.43. The highest BCUT2D eigenvalue weighted by atomic mass is 16.7. The van der Waals surface area contributed by atoms with E-state index in [-0.39, 0.29) is 34.2 Å². The van der Waals surface area contributed by atoms with Crippen LogP contribution in [0.4, 0.5) is 16.3 Å². The number of aliphatic carboxylic acids is 1. The molecule has 16 heteroatoms. The van der Waals surface area contributed by atoms with E-state index in [9.17, 15) is 24.0 Å². The summed E-state index contributed by atoms with van der Waals surface area (Å²) in [5.41, 5.74) is 1.44. The molecule has 0 aliphatic heterocycles. The van der Waals surface area contributed by atoms with Crippen molar-refractivity contribution in [3.63, 3.8) is 0 Å². The smallest absolute Gasteiger partial charge is 0.423 e. The van der Waals surface area contributed by atoms with Gasteiger partial charge in [0.25, 0.3) is 11.8 Å². The van der Waals surface area contributed by atoms with E-state index in [2.05, 4.69) is 25.8 Å². The normalized spacial score (nSPS) is 11.1. The van der Waals surface area contributed by atoms with E-state index >= 15 is 0 Å². The van der Waals surface area contributed by atoms with Gasteiger partial charge in [-0.2, -0.15) is 0 Å². The van der Waals surface area contributed by atoms with Crippen LogP contribution in [-0.4, -0.2) is 70.6 Å². The zero-order chi connectivity index (χ0) is 31.5. The van der Waals surface area contributed by atoms with Crippen LogP contribution in [0, 0.1) is 19.3 Å². The van der Waals surface area contributed by atoms with E-state index in [0.29, 0.717) is 36.2 Å². The number of amides is 3. The second-order valence-electron chi connectivity index (χ2n) is 8.48. The fourth-order valence-corrected chi connectivity index (χ4v) is 3.66. The first-order valence-corrected chi connectivity index (χ1v) is 12.5. The molecule has 1 aromatic carbocycles. The molecule has 2 aromatic heterocycles. The number of hydrogen-bond donors (Lipinski definition) is 5. The largest absolute Gasteiger partial charge is 0.478 e. The first kappa shape index (κ1) is 31.5. The van der Waals surface area contributed by atoms with Crippen molar-refractivity contribution in [2.75, 3.05) is 23.6 Å². The summed E-state index contributed by atoms with van der Waals surface area (Å²) < 4.78 is 14.6. The number of aryl methyl sites for hydroxylation is 1. The van der Waals surface area contributed by atoms with Gasteiger partial charge < -0.3 is 34.7 Å². The minimum Gasteiger partial charge on any atom is -0.478 e. The number of benzene rings is 1. The Morgan fingerprint density at radius 3 is 2.56 bits per heavy atom. The highest BCUT2D eigenvalue weighted by molar-refractivity contribution is 6.24. The summed E-state index contributed by atoms with van der Waals surface area (Å²) in [4.78, 5) is 69.3. The van der Waals surface area contributed by atoms with Gasteiger partial charge in [0.2, 0.25) is 6.79 Å². The number of aromatic nitrogens is 2. The molecule has 3 amide bonds. The van der Waals surface area contributed by atoms with Crippen LogP contribution in [-0.2, 0) is 19.1 Å². The number of rotatable bonds is 11. The van der Waals surface area contributed by atoms with Crippen LogP contribution < -0.4 is 15.5 Å². The van der Waals surface area contributed by atoms with Crippen molar-refractivity contribution in [3.8, 4) is 0 Å². The molecule has 0 aliphatic carbocycles. The molecule has 5 N–H and O–H groups in total. The van der Waals surface area contributed by atoms with Gasteiger partial charge in [-0.3, -0.25) is 15.0 Å². The van der Waals surface area contributed by atoms with Crippen LogP contribution >= 0.6 is 0 Å². The molecule has 2 heterocycles. The van der Waals surface area contributed by atoms with Crippen LogP contribution in [0.25, 0.3) is 0 Å². The number of anilines is 2. The number of carboxylic acid groups (broad SMARTS) is 1. The maximum Gasteiger partial charge on any atom is 0.423 e. The predicted molar refractivity (Wildman–Crippen MR) is 151 cm³/mol. The lowest BCUT2D eigenvalue weighted by atomic mass is 10.1. The SMILES string of the molecule is CCNC(=O)c1c[nH]c(C(=NC=N)N(C(=O)OCOC(=O)/C=C/C(=O)O)c2cc(C(=O)Nc3ccon3)ccc2C)c1C. The lowest BCUT2D eigenvalue weighted by Gasteiger charge is -2.25. The van der Waals surface area contributed by atoms with Crippen molar-refractivity contribution in [1.29, 1.82) is 5.41 Å². The van der Waals surface area contributed by atoms with E-state index in [1.165, 1.54) is 30.7 Å². The number of aliphatic imine (C=N–C) groups is 1. The maximum absolute atomic E-state index is 13.6. The number of hydrogen-bond acceptors (Lipinski definition) is 10. The Kier molecular flexibility index (Phi) is 10.6. The molecule has 0 bridgehead atoms. The molecule has 3 aromatic rings. The van der Waals surface area contributed by atoms with Crippen molar-refractivity contribution in [2.45, 2.75) is 20.8 Å². The van der Waals surface area contributed by atoms with E-state index in [1.54, 1.807) is 26.8 Å². The topological polar surface area (TPSA) is 229 Å². The second-order valence-corrected chi connectivity index (χ2v) is 8.48. The number of amidine groups is 1. The molecule has 0 saturated carbocycles. The number of aromatic amines is 1. The van der Waals surface area contributed by atoms with Gasteiger partial charge in [0.1, 0.15) is 12.6 Å². The number of nitrogens with one attached hydrogen (secondary N) is 4.